The first-order valence-electron chi connectivity index (χ1n) is 11.7. The van der Waals surface area contributed by atoms with Crippen LogP contribution >= 0.6 is 0 Å². The van der Waals surface area contributed by atoms with Gasteiger partial charge in [0.1, 0.15) is 12.4 Å². The van der Waals surface area contributed by atoms with Gasteiger partial charge in [-0.2, -0.15) is 0 Å². The van der Waals surface area contributed by atoms with Gasteiger partial charge in [-0.25, -0.2) is 0 Å². The van der Waals surface area contributed by atoms with Gasteiger partial charge in [-0.3, -0.25) is 19.4 Å². The van der Waals surface area contributed by atoms with Crippen molar-refractivity contribution < 1.29 is 23.9 Å². The monoisotopic (exact) mass is 482 g/mol. The molecule has 0 unspecified atom stereocenters. The molecule has 0 saturated heterocycles. The SMILES string of the molecule is CO[C@H]1CN(C)C(=O)c2cc(NC(C)=O)ccc2OC[C@@H](C)N(C(=O)Cc2ccccn2)C[C@H]1C. The molecule has 0 aliphatic carbocycles. The first kappa shape index (κ1) is 26.2. The smallest absolute Gasteiger partial charge is 0.257 e. The van der Waals surface area contributed by atoms with Gasteiger partial charge in [0.15, 0.2) is 0 Å². The Morgan fingerprint density at radius 1 is 1.20 bits per heavy atom. The highest BCUT2D eigenvalue weighted by atomic mass is 16.5. The van der Waals surface area contributed by atoms with Crippen LogP contribution in [0.1, 0.15) is 36.8 Å². The Hall–Kier alpha value is -3.46. The average molecular weight is 483 g/mol. The van der Waals surface area contributed by atoms with Crippen LogP contribution in [-0.4, -0.2) is 78.5 Å². The summed E-state index contributed by atoms with van der Waals surface area (Å²) in [5.74, 6) is -0.178. The number of hydrogen-bond donors (Lipinski definition) is 1. The number of methoxy groups -OCH3 is 1. The van der Waals surface area contributed by atoms with Crippen molar-refractivity contribution in [2.75, 3.05) is 39.2 Å². The average Bonchev–Trinajstić information content (AvgIpc) is 2.83. The number of likely N-dealkylation sites (N-methyl/N-ethyl adjacent to an activating group) is 1. The van der Waals surface area contributed by atoms with E-state index in [1.165, 1.54) is 6.92 Å². The van der Waals surface area contributed by atoms with Crippen LogP contribution in [0.5, 0.6) is 5.75 Å². The van der Waals surface area contributed by atoms with Crippen LogP contribution in [-0.2, 0) is 20.7 Å². The van der Waals surface area contributed by atoms with E-state index in [9.17, 15) is 14.4 Å². The number of amides is 3. The lowest BCUT2D eigenvalue weighted by Crippen LogP contribution is -2.49. The van der Waals surface area contributed by atoms with E-state index in [2.05, 4.69) is 10.3 Å². The number of anilines is 1. The lowest BCUT2D eigenvalue weighted by Gasteiger charge is -2.36. The Labute approximate surface area is 206 Å². The van der Waals surface area contributed by atoms with Crippen molar-refractivity contribution in [2.45, 2.75) is 39.3 Å². The summed E-state index contributed by atoms with van der Waals surface area (Å²) in [6.07, 6.45) is 1.57. The van der Waals surface area contributed by atoms with Gasteiger partial charge in [0, 0.05) is 57.7 Å². The molecular weight excluding hydrogens is 448 g/mol. The summed E-state index contributed by atoms with van der Waals surface area (Å²) in [7, 11) is 3.31. The number of carbonyl (C=O) groups excluding carboxylic acids is 3. The molecule has 35 heavy (non-hydrogen) atoms. The summed E-state index contributed by atoms with van der Waals surface area (Å²) >= 11 is 0. The van der Waals surface area contributed by atoms with E-state index < -0.39 is 0 Å². The fourth-order valence-electron chi connectivity index (χ4n) is 4.16. The zero-order chi connectivity index (χ0) is 25.5. The number of fused-ring (bicyclic) bond motifs is 1. The summed E-state index contributed by atoms with van der Waals surface area (Å²) in [6.45, 7) is 6.32. The normalized spacial score (nSPS) is 21.3. The molecule has 3 rings (SSSR count). The summed E-state index contributed by atoms with van der Waals surface area (Å²) in [5.41, 5.74) is 1.54. The Morgan fingerprint density at radius 3 is 2.63 bits per heavy atom. The summed E-state index contributed by atoms with van der Waals surface area (Å²) in [5, 5.41) is 2.71. The third-order valence-electron chi connectivity index (χ3n) is 6.14. The Bertz CT molecular complexity index is 1050. The van der Waals surface area contributed by atoms with E-state index in [-0.39, 0.29) is 48.8 Å². The maximum atomic E-state index is 13.3. The molecule has 1 aromatic heterocycles. The summed E-state index contributed by atoms with van der Waals surface area (Å²) < 4.78 is 11.8. The van der Waals surface area contributed by atoms with E-state index in [0.29, 0.717) is 35.8 Å². The highest BCUT2D eigenvalue weighted by Crippen LogP contribution is 2.26. The van der Waals surface area contributed by atoms with Crippen LogP contribution < -0.4 is 10.1 Å². The molecule has 2 heterocycles. The Kier molecular flexibility index (Phi) is 8.81. The predicted octanol–water partition coefficient (Wildman–Crippen LogP) is 2.62. The fourth-order valence-corrected chi connectivity index (χ4v) is 4.16. The maximum Gasteiger partial charge on any atom is 0.257 e. The number of nitrogens with zero attached hydrogens (tertiary/aromatic N) is 3. The molecule has 0 fully saturated rings. The van der Waals surface area contributed by atoms with Gasteiger partial charge in [0.2, 0.25) is 11.8 Å². The molecule has 9 heteroatoms. The minimum Gasteiger partial charge on any atom is -0.491 e. The molecule has 1 aliphatic heterocycles. The second kappa shape index (κ2) is 11.8. The van der Waals surface area contributed by atoms with Gasteiger partial charge in [-0.15, -0.1) is 0 Å². The van der Waals surface area contributed by atoms with Gasteiger partial charge in [-0.05, 0) is 37.3 Å². The van der Waals surface area contributed by atoms with E-state index in [0.717, 1.165) is 0 Å². The second-order valence-electron chi connectivity index (χ2n) is 9.03. The number of nitrogens with one attached hydrogen (secondary N) is 1. The Morgan fingerprint density at radius 2 is 1.97 bits per heavy atom. The van der Waals surface area contributed by atoms with Crippen molar-refractivity contribution >= 4 is 23.4 Å². The third-order valence-corrected chi connectivity index (χ3v) is 6.14. The van der Waals surface area contributed by atoms with Crippen LogP contribution in [0.15, 0.2) is 42.6 Å². The van der Waals surface area contributed by atoms with Crippen molar-refractivity contribution in [1.82, 2.24) is 14.8 Å². The molecule has 0 bridgehead atoms. The number of rotatable bonds is 4. The number of hydrogen-bond acceptors (Lipinski definition) is 6. The number of aromatic nitrogens is 1. The molecule has 0 spiro atoms. The fraction of sp³-hybridized carbons (Fsp3) is 0.462. The lowest BCUT2D eigenvalue weighted by molar-refractivity contribution is -0.134. The summed E-state index contributed by atoms with van der Waals surface area (Å²) in [6, 6.07) is 10.2. The van der Waals surface area contributed by atoms with Crippen molar-refractivity contribution in [1.29, 1.82) is 0 Å². The molecule has 2 aromatic rings. The van der Waals surface area contributed by atoms with Crippen LogP contribution in [0.4, 0.5) is 5.69 Å². The van der Waals surface area contributed by atoms with E-state index in [1.54, 1.807) is 48.4 Å². The van der Waals surface area contributed by atoms with Crippen LogP contribution in [0, 0.1) is 5.92 Å². The molecule has 0 saturated carbocycles. The topological polar surface area (TPSA) is 101 Å². The first-order chi connectivity index (χ1) is 16.7. The minimum atomic E-state index is -0.288. The molecular formula is C26H34N4O5. The van der Waals surface area contributed by atoms with Crippen molar-refractivity contribution in [2.24, 2.45) is 5.92 Å². The van der Waals surface area contributed by atoms with Crippen molar-refractivity contribution in [3.05, 3.63) is 53.9 Å². The highest BCUT2D eigenvalue weighted by Gasteiger charge is 2.30. The minimum absolute atomic E-state index is 0.0463. The lowest BCUT2D eigenvalue weighted by atomic mass is 10.0. The van der Waals surface area contributed by atoms with Gasteiger partial charge >= 0.3 is 0 Å². The zero-order valence-electron chi connectivity index (χ0n) is 21.0. The van der Waals surface area contributed by atoms with Crippen molar-refractivity contribution in [3.63, 3.8) is 0 Å². The van der Waals surface area contributed by atoms with E-state index >= 15 is 0 Å². The highest BCUT2D eigenvalue weighted by molar-refractivity contribution is 5.99. The number of ether oxygens (including phenoxy) is 2. The maximum absolute atomic E-state index is 13.3. The molecule has 3 amide bonds. The van der Waals surface area contributed by atoms with E-state index in [4.69, 9.17) is 9.47 Å². The molecule has 0 radical (unpaired) electrons. The standard InChI is InChI=1S/C26H34N4O5/c1-17-14-30(25(32)13-20-8-6-7-11-27-20)18(2)16-35-23-10-9-21(28-19(3)31)12-22(23)26(33)29(4)15-24(17)34-5/h6-12,17-18,24H,13-16H2,1-5H3,(H,28,31)/t17-,18-,24+/m1/s1. The summed E-state index contributed by atoms with van der Waals surface area (Å²) in [4.78, 5) is 45.9. The molecule has 1 N–H and O–H groups in total. The molecule has 1 aromatic carbocycles. The zero-order valence-corrected chi connectivity index (χ0v) is 21.0. The largest absolute Gasteiger partial charge is 0.491 e. The quantitative estimate of drug-likeness (QED) is 0.719. The molecule has 188 valence electrons. The van der Waals surface area contributed by atoms with Gasteiger partial charge < -0.3 is 24.6 Å². The second-order valence-corrected chi connectivity index (χ2v) is 9.03. The number of carbonyl (C=O) groups is 3. The van der Waals surface area contributed by atoms with E-state index in [1.807, 2.05) is 32.0 Å². The van der Waals surface area contributed by atoms with Gasteiger partial charge in [0.05, 0.1) is 24.1 Å². The Balaban J connectivity index is 1.94. The molecule has 3 atom stereocenters. The number of pyridine rings is 1. The van der Waals surface area contributed by atoms with Crippen LogP contribution in [0.3, 0.4) is 0 Å². The first-order valence-corrected chi connectivity index (χ1v) is 11.7. The molecule has 1 aliphatic rings. The van der Waals surface area contributed by atoms with Crippen molar-refractivity contribution in [3.8, 4) is 5.75 Å². The number of benzene rings is 1. The van der Waals surface area contributed by atoms with Gasteiger partial charge in [0.25, 0.3) is 5.91 Å². The predicted molar refractivity (Wildman–Crippen MR) is 132 cm³/mol. The van der Waals surface area contributed by atoms with Crippen LogP contribution in [0.25, 0.3) is 0 Å². The molecule has 9 nitrogen and oxygen atoms in total. The van der Waals surface area contributed by atoms with Gasteiger partial charge in [-0.1, -0.05) is 13.0 Å². The third kappa shape index (κ3) is 6.79. The van der Waals surface area contributed by atoms with Crippen LogP contribution in [0.2, 0.25) is 0 Å².